The zero-order valence-electron chi connectivity index (χ0n) is 12.4. The average molecular weight is 273 g/mol. The van der Waals surface area contributed by atoms with Crippen LogP contribution in [0.15, 0.2) is 36.5 Å². The summed E-state index contributed by atoms with van der Waals surface area (Å²) in [6.07, 6.45) is 1.23. The van der Waals surface area contributed by atoms with Gasteiger partial charge in [0.2, 0.25) is 0 Å². The highest BCUT2D eigenvalue weighted by atomic mass is 16.3. The smallest absolute Gasteiger partial charge is 0.0914 e. The summed E-state index contributed by atoms with van der Waals surface area (Å²) in [5.41, 5.74) is 3.37. The molecule has 0 aliphatic rings. The van der Waals surface area contributed by atoms with Gasteiger partial charge in [-0.2, -0.15) is 5.10 Å². The van der Waals surface area contributed by atoms with E-state index in [1.54, 1.807) is 6.20 Å². The number of rotatable bonds is 5. The van der Waals surface area contributed by atoms with Crippen molar-refractivity contribution in [3.8, 4) is 0 Å². The number of aromatic nitrogens is 2. The minimum atomic E-state index is -0.494. The normalized spacial score (nSPS) is 13.4. The van der Waals surface area contributed by atoms with Gasteiger partial charge in [-0.15, -0.1) is 0 Å². The summed E-state index contributed by atoms with van der Waals surface area (Å²) < 4.78 is 0. The first-order valence-electron chi connectivity index (χ1n) is 6.94. The fourth-order valence-electron chi connectivity index (χ4n) is 2.05. The van der Waals surface area contributed by atoms with Gasteiger partial charge in [0.05, 0.1) is 6.10 Å². The van der Waals surface area contributed by atoms with Gasteiger partial charge < -0.3 is 10.4 Å². The van der Waals surface area contributed by atoms with E-state index in [4.69, 9.17) is 0 Å². The Morgan fingerprint density at radius 3 is 2.45 bits per heavy atom. The van der Waals surface area contributed by atoms with Crippen LogP contribution < -0.4 is 5.32 Å². The molecule has 3 N–H and O–H groups in total. The molecule has 0 aliphatic carbocycles. The summed E-state index contributed by atoms with van der Waals surface area (Å²) in [4.78, 5) is 0. The Balaban J connectivity index is 1.87. The van der Waals surface area contributed by atoms with Crippen molar-refractivity contribution in [3.05, 3.63) is 53.3 Å². The predicted molar refractivity (Wildman–Crippen MR) is 80.4 cm³/mol. The van der Waals surface area contributed by atoms with Gasteiger partial charge in [-0.3, -0.25) is 5.10 Å². The fourth-order valence-corrected chi connectivity index (χ4v) is 2.05. The second kappa shape index (κ2) is 6.20. The Kier molecular flexibility index (Phi) is 4.57. The zero-order valence-corrected chi connectivity index (χ0v) is 12.4. The molecule has 0 bridgehead atoms. The third-order valence-corrected chi connectivity index (χ3v) is 3.37. The van der Waals surface area contributed by atoms with Crippen molar-refractivity contribution in [3.63, 3.8) is 0 Å². The van der Waals surface area contributed by atoms with Gasteiger partial charge in [-0.05, 0) is 22.6 Å². The van der Waals surface area contributed by atoms with E-state index in [9.17, 15) is 5.11 Å². The molecule has 20 heavy (non-hydrogen) atoms. The number of aliphatic hydroxyl groups excluding tert-OH is 1. The van der Waals surface area contributed by atoms with Gasteiger partial charge in [-0.1, -0.05) is 45.0 Å². The van der Waals surface area contributed by atoms with Gasteiger partial charge in [0.15, 0.2) is 0 Å². The first-order chi connectivity index (χ1) is 9.47. The molecule has 0 fully saturated rings. The van der Waals surface area contributed by atoms with E-state index in [1.807, 2.05) is 18.2 Å². The Morgan fingerprint density at radius 2 is 1.90 bits per heavy atom. The maximum absolute atomic E-state index is 10.2. The van der Waals surface area contributed by atoms with E-state index < -0.39 is 6.10 Å². The standard InChI is InChI=1S/C16H23N3O/c1-16(2,3)13-6-4-12(5-7-13)15(20)11-17-10-14-8-9-18-19-14/h4-9,15,17,20H,10-11H2,1-3H3,(H,18,19). The number of nitrogens with zero attached hydrogens (tertiary/aromatic N) is 1. The molecule has 2 rings (SSSR count). The van der Waals surface area contributed by atoms with Gasteiger partial charge in [0.1, 0.15) is 0 Å². The van der Waals surface area contributed by atoms with E-state index in [0.717, 1.165) is 11.3 Å². The van der Waals surface area contributed by atoms with E-state index in [-0.39, 0.29) is 5.41 Å². The van der Waals surface area contributed by atoms with Gasteiger partial charge in [0, 0.05) is 25.0 Å². The summed E-state index contributed by atoms with van der Waals surface area (Å²) in [6.45, 7) is 7.75. The first kappa shape index (κ1) is 14.8. The number of hydrogen-bond donors (Lipinski definition) is 3. The average Bonchev–Trinajstić information content (AvgIpc) is 2.91. The zero-order chi connectivity index (χ0) is 14.6. The number of aliphatic hydroxyl groups is 1. The highest BCUT2D eigenvalue weighted by Crippen LogP contribution is 2.23. The molecule has 1 aromatic heterocycles. The lowest BCUT2D eigenvalue weighted by atomic mass is 9.86. The highest BCUT2D eigenvalue weighted by Gasteiger charge is 2.14. The van der Waals surface area contributed by atoms with E-state index in [1.165, 1.54) is 5.56 Å². The lowest BCUT2D eigenvalue weighted by Gasteiger charge is -2.20. The van der Waals surface area contributed by atoms with Crippen LogP contribution in [-0.4, -0.2) is 21.8 Å². The van der Waals surface area contributed by atoms with Crippen LogP contribution in [0.25, 0.3) is 0 Å². The van der Waals surface area contributed by atoms with Crippen molar-refractivity contribution in [2.45, 2.75) is 38.8 Å². The van der Waals surface area contributed by atoms with E-state index >= 15 is 0 Å². The van der Waals surface area contributed by atoms with Crippen LogP contribution in [0.4, 0.5) is 0 Å². The van der Waals surface area contributed by atoms with Crippen molar-refractivity contribution < 1.29 is 5.11 Å². The quantitative estimate of drug-likeness (QED) is 0.784. The lowest BCUT2D eigenvalue weighted by Crippen LogP contribution is -2.21. The molecule has 0 saturated carbocycles. The van der Waals surface area contributed by atoms with Crippen molar-refractivity contribution in [2.75, 3.05) is 6.54 Å². The molecule has 1 unspecified atom stereocenters. The number of nitrogens with one attached hydrogen (secondary N) is 2. The number of H-pyrrole nitrogens is 1. The summed E-state index contributed by atoms with van der Waals surface area (Å²) in [6, 6.07) is 10.1. The molecule has 0 radical (unpaired) electrons. The monoisotopic (exact) mass is 273 g/mol. The molecule has 4 heteroatoms. The Hall–Kier alpha value is -1.65. The second-order valence-electron chi connectivity index (χ2n) is 6.10. The van der Waals surface area contributed by atoms with Gasteiger partial charge in [0.25, 0.3) is 0 Å². The number of aromatic amines is 1. The molecule has 0 amide bonds. The largest absolute Gasteiger partial charge is 0.387 e. The second-order valence-corrected chi connectivity index (χ2v) is 6.10. The van der Waals surface area contributed by atoms with Crippen LogP contribution >= 0.6 is 0 Å². The van der Waals surface area contributed by atoms with Crippen LogP contribution in [0.1, 0.15) is 43.7 Å². The molecule has 0 spiro atoms. The van der Waals surface area contributed by atoms with Gasteiger partial charge >= 0.3 is 0 Å². The molecule has 108 valence electrons. The molecular weight excluding hydrogens is 250 g/mol. The molecule has 4 nitrogen and oxygen atoms in total. The summed E-state index contributed by atoms with van der Waals surface area (Å²) in [5, 5.41) is 20.1. The van der Waals surface area contributed by atoms with Crippen molar-refractivity contribution in [2.24, 2.45) is 0 Å². The molecule has 1 heterocycles. The topological polar surface area (TPSA) is 60.9 Å². The maximum atomic E-state index is 10.2. The van der Waals surface area contributed by atoms with Crippen molar-refractivity contribution in [1.29, 1.82) is 0 Å². The minimum absolute atomic E-state index is 0.141. The van der Waals surface area contributed by atoms with E-state index in [0.29, 0.717) is 13.1 Å². The van der Waals surface area contributed by atoms with Crippen LogP contribution in [0.2, 0.25) is 0 Å². The number of benzene rings is 1. The van der Waals surface area contributed by atoms with Crippen molar-refractivity contribution in [1.82, 2.24) is 15.5 Å². The fraction of sp³-hybridized carbons (Fsp3) is 0.438. The van der Waals surface area contributed by atoms with Crippen LogP contribution in [0.5, 0.6) is 0 Å². The number of hydrogen-bond acceptors (Lipinski definition) is 3. The highest BCUT2D eigenvalue weighted by molar-refractivity contribution is 5.28. The molecule has 2 aromatic rings. The summed E-state index contributed by atoms with van der Waals surface area (Å²) >= 11 is 0. The lowest BCUT2D eigenvalue weighted by molar-refractivity contribution is 0.174. The third kappa shape index (κ3) is 3.92. The molecule has 0 aliphatic heterocycles. The van der Waals surface area contributed by atoms with Crippen LogP contribution in [-0.2, 0) is 12.0 Å². The predicted octanol–water partition coefficient (Wildman–Crippen LogP) is 2.53. The Bertz CT molecular complexity index is 512. The summed E-state index contributed by atoms with van der Waals surface area (Å²) in [5.74, 6) is 0. The van der Waals surface area contributed by atoms with E-state index in [2.05, 4.69) is 48.4 Å². The first-order valence-corrected chi connectivity index (χ1v) is 6.94. The van der Waals surface area contributed by atoms with Crippen molar-refractivity contribution >= 4 is 0 Å². The van der Waals surface area contributed by atoms with Gasteiger partial charge in [-0.25, -0.2) is 0 Å². The maximum Gasteiger partial charge on any atom is 0.0914 e. The summed E-state index contributed by atoms with van der Waals surface area (Å²) in [7, 11) is 0. The van der Waals surface area contributed by atoms with Crippen LogP contribution in [0, 0.1) is 0 Å². The molecule has 1 aromatic carbocycles. The Morgan fingerprint density at radius 1 is 1.20 bits per heavy atom. The Labute approximate surface area is 120 Å². The molecule has 0 saturated heterocycles. The third-order valence-electron chi connectivity index (χ3n) is 3.37. The minimum Gasteiger partial charge on any atom is -0.387 e. The molecule has 1 atom stereocenters. The molecular formula is C16H23N3O. The SMILES string of the molecule is CC(C)(C)c1ccc(C(O)CNCc2ccn[nH]2)cc1. The van der Waals surface area contributed by atoms with Crippen LogP contribution in [0.3, 0.4) is 0 Å².